The number of aromatic nitrogens is 4. The van der Waals surface area contributed by atoms with E-state index >= 15 is 0 Å². The van der Waals surface area contributed by atoms with Crippen molar-refractivity contribution in [3.8, 4) is 11.8 Å². The molecule has 3 heterocycles. The fourth-order valence-electron chi connectivity index (χ4n) is 4.95. The molecular weight excluding hydrogens is 464 g/mol. The van der Waals surface area contributed by atoms with E-state index in [4.69, 9.17) is 4.74 Å². The van der Waals surface area contributed by atoms with Gasteiger partial charge in [-0.15, -0.1) is 0 Å². The zero-order valence-corrected chi connectivity index (χ0v) is 20.8. The Morgan fingerprint density at radius 2 is 1.97 bits per heavy atom. The highest BCUT2D eigenvalue weighted by molar-refractivity contribution is 5.94. The summed E-state index contributed by atoms with van der Waals surface area (Å²) in [5, 5.41) is 13.1. The molecule has 1 N–H and O–H groups in total. The molecule has 0 saturated heterocycles. The summed E-state index contributed by atoms with van der Waals surface area (Å²) in [5.74, 6) is 1.44. The first-order chi connectivity index (χ1) is 18.2. The molecule has 1 amide bonds. The lowest BCUT2D eigenvalue weighted by molar-refractivity contribution is 0.0951. The first-order valence-electron chi connectivity index (χ1n) is 12.8. The molecule has 3 aromatic heterocycles. The molecule has 1 fully saturated rings. The van der Waals surface area contributed by atoms with Gasteiger partial charge in [0.25, 0.3) is 5.91 Å². The van der Waals surface area contributed by atoms with Gasteiger partial charge in [0, 0.05) is 42.6 Å². The summed E-state index contributed by atoms with van der Waals surface area (Å²) in [4.78, 5) is 25.2. The van der Waals surface area contributed by atoms with E-state index in [1.54, 1.807) is 30.7 Å². The van der Waals surface area contributed by atoms with Gasteiger partial charge in [0.1, 0.15) is 24.1 Å². The number of rotatable bonds is 9. The lowest BCUT2D eigenvalue weighted by Gasteiger charge is -2.22. The number of nitriles is 1. The summed E-state index contributed by atoms with van der Waals surface area (Å²) in [7, 11) is 0. The minimum atomic E-state index is -0.148. The number of pyridine rings is 1. The summed E-state index contributed by atoms with van der Waals surface area (Å²) in [6, 6.07) is 15.0. The van der Waals surface area contributed by atoms with E-state index in [0.29, 0.717) is 24.5 Å². The minimum Gasteiger partial charge on any atom is -0.487 e. The van der Waals surface area contributed by atoms with Gasteiger partial charge in [0.15, 0.2) is 0 Å². The molecule has 1 aliphatic carbocycles. The maximum Gasteiger partial charge on any atom is 0.251 e. The Balaban J connectivity index is 1.25. The van der Waals surface area contributed by atoms with Crippen LogP contribution in [0.2, 0.25) is 0 Å². The Labute approximate surface area is 216 Å². The molecule has 0 spiro atoms. The molecule has 8 nitrogen and oxygen atoms in total. The average Bonchev–Trinajstić information content (AvgIpc) is 3.31. The van der Waals surface area contributed by atoms with Crippen molar-refractivity contribution in [1.82, 2.24) is 24.8 Å². The number of benzene rings is 1. The van der Waals surface area contributed by atoms with Crippen LogP contribution in [0.25, 0.3) is 11.0 Å². The van der Waals surface area contributed by atoms with Crippen molar-refractivity contribution < 1.29 is 9.53 Å². The van der Waals surface area contributed by atoms with Crippen LogP contribution in [-0.4, -0.2) is 25.4 Å². The number of nitrogens with one attached hydrogen (secondary N) is 1. The third kappa shape index (κ3) is 6.12. The summed E-state index contributed by atoms with van der Waals surface area (Å²) in [6.45, 7) is 1.62. The molecule has 37 heavy (non-hydrogen) atoms. The number of amides is 1. The molecule has 8 heteroatoms. The SMILES string of the molecule is N#Cc1ncc2cc(COc3ccc(C(=O)NCc4cccnc4)cc3)n(CCC3CCCCC3)c2n1. The fourth-order valence-corrected chi connectivity index (χ4v) is 4.95. The van der Waals surface area contributed by atoms with E-state index in [0.717, 1.165) is 41.2 Å². The van der Waals surface area contributed by atoms with Crippen LogP contribution in [0.4, 0.5) is 0 Å². The summed E-state index contributed by atoms with van der Waals surface area (Å²) in [5.41, 5.74) is 3.29. The molecule has 0 atom stereocenters. The first-order valence-corrected chi connectivity index (χ1v) is 12.8. The smallest absolute Gasteiger partial charge is 0.251 e. The molecular formula is C29H30N6O2. The highest BCUT2D eigenvalue weighted by atomic mass is 16.5. The van der Waals surface area contributed by atoms with Gasteiger partial charge < -0.3 is 14.6 Å². The Hall–Kier alpha value is -4.25. The maximum atomic E-state index is 12.5. The van der Waals surface area contributed by atoms with E-state index in [9.17, 15) is 10.1 Å². The van der Waals surface area contributed by atoms with Crippen LogP contribution in [0.1, 0.15) is 66.0 Å². The number of hydrogen-bond acceptors (Lipinski definition) is 6. The van der Waals surface area contributed by atoms with E-state index in [1.807, 2.05) is 36.4 Å². The molecule has 188 valence electrons. The number of carbonyl (C=O) groups excluding carboxylic acids is 1. The second-order valence-electron chi connectivity index (χ2n) is 9.52. The van der Waals surface area contributed by atoms with Crippen LogP contribution in [0, 0.1) is 17.2 Å². The predicted molar refractivity (Wildman–Crippen MR) is 140 cm³/mol. The summed E-state index contributed by atoms with van der Waals surface area (Å²) >= 11 is 0. The van der Waals surface area contributed by atoms with Gasteiger partial charge in [-0.3, -0.25) is 9.78 Å². The molecule has 4 aromatic rings. The number of nitrogens with zero attached hydrogens (tertiary/aromatic N) is 5. The van der Waals surface area contributed by atoms with Gasteiger partial charge in [0.2, 0.25) is 5.82 Å². The number of fused-ring (bicyclic) bond motifs is 1. The lowest BCUT2D eigenvalue weighted by Crippen LogP contribution is -2.22. The van der Waals surface area contributed by atoms with Crippen molar-refractivity contribution in [3.63, 3.8) is 0 Å². The quantitative estimate of drug-likeness (QED) is 0.344. The van der Waals surface area contributed by atoms with Crippen LogP contribution in [-0.2, 0) is 19.7 Å². The predicted octanol–water partition coefficient (Wildman–Crippen LogP) is 5.18. The Bertz CT molecular complexity index is 1390. The van der Waals surface area contributed by atoms with Crippen LogP contribution >= 0.6 is 0 Å². The van der Waals surface area contributed by atoms with Crippen LogP contribution < -0.4 is 10.1 Å². The van der Waals surface area contributed by atoms with Crippen molar-refractivity contribution in [2.24, 2.45) is 5.92 Å². The van der Waals surface area contributed by atoms with E-state index in [-0.39, 0.29) is 11.7 Å². The molecule has 1 saturated carbocycles. The topological polar surface area (TPSA) is 106 Å². The van der Waals surface area contributed by atoms with E-state index < -0.39 is 0 Å². The van der Waals surface area contributed by atoms with Gasteiger partial charge >= 0.3 is 0 Å². The Kier molecular flexibility index (Phi) is 7.70. The zero-order chi connectivity index (χ0) is 25.5. The van der Waals surface area contributed by atoms with E-state index in [1.165, 1.54) is 32.1 Å². The van der Waals surface area contributed by atoms with Gasteiger partial charge in [-0.1, -0.05) is 38.2 Å². The average molecular weight is 495 g/mol. The molecule has 5 rings (SSSR count). The van der Waals surface area contributed by atoms with Gasteiger partial charge in [-0.05, 0) is 54.3 Å². The normalized spacial score (nSPS) is 13.8. The highest BCUT2D eigenvalue weighted by Gasteiger charge is 2.17. The van der Waals surface area contributed by atoms with Crippen molar-refractivity contribution in [2.45, 2.75) is 58.2 Å². The Morgan fingerprint density at radius 1 is 1.14 bits per heavy atom. The number of aryl methyl sites for hydroxylation is 1. The molecule has 0 unspecified atom stereocenters. The fraction of sp³-hybridized carbons (Fsp3) is 0.345. The minimum absolute atomic E-state index is 0.148. The van der Waals surface area contributed by atoms with Gasteiger partial charge in [0.05, 0.1) is 5.69 Å². The second kappa shape index (κ2) is 11.7. The maximum absolute atomic E-state index is 12.5. The zero-order valence-electron chi connectivity index (χ0n) is 20.8. The number of carbonyl (C=O) groups is 1. The van der Waals surface area contributed by atoms with Gasteiger partial charge in [-0.2, -0.15) is 5.26 Å². The molecule has 0 bridgehead atoms. The molecule has 1 aliphatic rings. The van der Waals surface area contributed by atoms with Crippen LogP contribution in [0.3, 0.4) is 0 Å². The molecule has 1 aromatic carbocycles. The summed E-state index contributed by atoms with van der Waals surface area (Å²) < 4.78 is 8.27. The van der Waals surface area contributed by atoms with E-state index in [2.05, 4.69) is 24.8 Å². The van der Waals surface area contributed by atoms with Crippen molar-refractivity contribution in [1.29, 1.82) is 5.26 Å². The highest BCUT2D eigenvalue weighted by Crippen LogP contribution is 2.28. The largest absolute Gasteiger partial charge is 0.487 e. The van der Waals surface area contributed by atoms with Crippen molar-refractivity contribution in [3.05, 3.63) is 83.7 Å². The summed E-state index contributed by atoms with van der Waals surface area (Å²) in [6.07, 6.45) is 12.8. The molecule has 0 aliphatic heterocycles. The van der Waals surface area contributed by atoms with Crippen molar-refractivity contribution in [2.75, 3.05) is 0 Å². The van der Waals surface area contributed by atoms with Crippen LogP contribution in [0.5, 0.6) is 5.75 Å². The van der Waals surface area contributed by atoms with Crippen LogP contribution in [0.15, 0.2) is 61.1 Å². The van der Waals surface area contributed by atoms with Crippen molar-refractivity contribution >= 4 is 16.9 Å². The number of ether oxygens (including phenoxy) is 1. The number of hydrogen-bond donors (Lipinski definition) is 1. The third-order valence-electron chi connectivity index (χ3n) is 6.99. The monoisotopic (exact) mass is 494 g/mol. The Morgan fingerprint density at radius 3 is 2.73 bits per heavy atom. The second-order valence-corrected chi connectivity index (χ2v) is 9.52. The third-order valence-corrected chi connectivity index (χ3v) is 6.99. The lowest BCUT2D eigenvalue weighted by atomic mass is 9.87. The van der Waals surface area contributed by atoms with Gasteiger partial charge in [-0.25, -0.2) is 9.97 Å². The first kappa shape index (κ1) is 24.4. The standard InChI is InChI=1S/C29H30N6O2/c30-16-27-32-19-24-15-25(35(28(24)34-27)14-12-21-5-2-1-3-6-21)20-37-26-10-8-23(9-11-26)29(36)33-18-22-7-4-13-31-17-22/h4,7-11,13,15,17,19,21H,1-3,5-6,12,14,18,20H2,(H,33,36). The molecule has 0 radical (unpaired) electrons.